The lowest BCUT2D eigenvalue weighted by Crippen LogP contribution is -2.04. The van der Waals surface area contributed by atoms with Crippen LogP contribution in [0.2, 0.25) is 0 Å². The van der Waals surface area contributed by atoms with Crippen molar-refractivity contribution in [2.45, 2.75) is 6.92 Å². The van der Waals surface area contributed by atoms with Gasteiger partial charge in [0, 0.05) is 0 Å². The van der Waals surface area contributed by atoms with Crippen LogP contribution in [0.4, 0.5) is 0 Å². The van der Waals surface area contributed by atoms with Crippen LogP contribution in [0.3, 0.4) is 0 Å². The summed E-state index contributed by atoms with van der Waals surface area (Å²) in [6, 6.07) is 7.24. The van der Waals surface area contributed by atoms with Gasteiger partial charge in [0.05, 0.1) is 10.9 Å². The van der Waals surface area contributed by atoms with Gasteiger partial charge in [0.15, 0.2) is 5.43 Å². The van der Waals surface area contributed by atoms with Crippen molar-refractivity contribution in [3.8, 4) is 0 Å². The van der Waals surface area contributed by atoms with Crippen LogP contribution in [0.1, 0.15) is 12.5 Å². The van der Waals surface area contributed by atoms with E-state index in [2.05, 4.69) is 0 Å². The van der Waals surface area contributed by atoms with Crippen molar-refractivity contribution in [2.75, 3.05) is 0 Å². The molecule has 2 rings (SSSR count). The van der Waals surface area contributed by atoms with E-state index in [-0.39, 0.29) is 5.43 Å². The lowest BCUT2D eigenvalue weighted by atomic mass is 10.1. The second-order valence-electron chi connectivity index (χ2n) is 3.02. The zero-order valence-corrected chi connectivity index (χ0v) is 7.86. The standard InChI is InChI=1S/C12H10O2/c1-2-5-9-8-14-11-7-4-3-6-10(11)12(9)13/h2-8H,1H3/b5-2+. The van der Waals surface area contributed by atoms with Gasteiger partial charge in [-0.1, -0.05) is 24.3 Å². The Kier molecular flexibility index (Phi) is 2.19. The zero-order chi connectivity index (χ0) is 9.97. The molecule has 0 spiro atoms. The SMILES string of the molecule is C/C=C/c1coc2ccccc2c1=O. The number of benzene rings is 1. The van der Waals surface area contributed by atoms with Crippen LogP contribution < -0.4 is 5.43 Å². The molecule has 0 unspecified atom stereocenters. The Balaban J connectivity index is 2.82. The van der Waals surface area contributed by atoms with Gasteiger partial charge in [-0.05, 0) is 19.1 Å². The molecule has 1 heterocycles. The molecule has 0 atom stereocenters. The highest BCUT2D eigenvalue weighted by atomic mass is 16.3. The third-order valence-corrected chi connectivity index (χ3v) is 2.05. The highest BCUT2D eigenvalue weighted by Gasteiger charge is 2.02. The Labute approximate surface area is 81.5 Å². The summed E-state index contributed by atoms with van der Waals surface area (Å²) in [4.78, 5) is 11.8. The Morgan fingerprint density at radius 1 is 1.29 bits per heavy atom. The third kappa shape index (κ3) is 1.35. The van der Waals surface area contributed by atoms with Crippen molar-refractivity contribution in [3.63, 3.8) is 0 Å². The summed E-state index contributed by atoms with van der Waals surface area (Å²) < 4.78 is 5.32. The molecule has 2 heteroatoms. The quantitative estimate of drug-likeness (QED) is 0.685. The maximum absolute atomic E-state index is 11.8. The first-order valence-electron chi connectivity index (χ1n) is 4.46. The van der Waals surface area contributed by atoms with Gasteiger partial charge < -0.3 is 4.42 Å². The van der Waals surface area contributed by atoms with Gasteiger partial charge in [-0.15, -0.1) is 0 Å². The minimum atomic E-state index is 0.0185. The van der Waals surface area contributed by atoms with Crippen molar-refractivity contribution >= 4 is 17.0 Å². The molecule has 0 amide bonds. The summed E-state index contributed by atoms with van der Waals surface area (Å²) in [7, 11) is 0. The molecule has 14 heavy (non-hydrogen) atoms. The van der Waals surface area contributed by atoms with E-state index in [9.17, 15) is 4.79 Å². The molecular weight excluding hydrogens is 176 g/mol. The van der Waals surface area contributed by atoms with Crippen molar-refractivity contribution in [1.82, 2.24) is 0 Å². The summed E-state index contributed by atoms with van der Waals surface area (Å²) in [5.41, 5.74) is 1.24. The molecule has 70 valence electrons. The van der Waals surface area contributed by atoms with Crippen LogP contribution in [0.25, 0.3) is 17.0 Å². The average molecular weight is 186 g/mol. The third-order valence-electron chi connectivity index (χ3n) is 2.05. The highest BCUT2D eigenvalue weighted by molar-refractivity contribution is 5.78. The van der Waals surface area contributed by atoms with E-state index in [1.165, 1.54) is 6.26 Å². The van der Waals surface area contributed by atoms with Gasteiger partial charge in [-0.25, -0.2) is 0 Å². The molecule has 0 bridgehead atoms. The fraction of sp³-hybridized carbons (Fsp3) is 0.0833. The summed E-state index contributed by atoms with van der Waals surface area (Å²) in [6.45, 7) is 1.87. The van der Waals surface area contributed by atoms with Gasteiger partial charge in [0.25, 0.3) is 0 Å². The van der Waals surface area contributed by atoms with Gasteiger partial charge in [-0.2, -0.15) is 0 Å². The fourth-order valence-corrected chi connectivity index (χ4v) is 1.39. The Bertz CT molecular complexity index is 535. The zero-order valence-electron chi connectivity index (χ0n) is 7.86. The van der Waals surface area contributed by atoms with E-state index in [1.807, 2.05) is 25.1 Å². The van der Waals surface area contributed by atoms with E-state index >= 15 is 0 Å². The number of fused-ring (bicyclic) bond motifs is 1. The second-order valence-corrected chi connectivity index (χ2v) is 3.02. The van der Waals surface area contributed by atoms with Crippen molar-refractivity contribution in [2.24, 2.45) is 0 Å². The van der Waals surface area contributed by atoms with Crippen LogP contribution in [-0.2, 0) is 0 Å². The normalized spacial score (nSPS) is 11.2. The summed E-state index contributed by atoms with van der Waals surface area (Å²) >= 11 is 0. The maximum Gasteiger partial charge on any atom is 0.199 e. The molecular formula is C12H10O2. The van der Waals surface area contributed by atoms with Crippen LogP contribution >= 0.6 is 0 Å². The minimum Gasteiger partial charge on any atom is -0.463 e. The number of para-hydroxylation sites is 1. The minimum absolute atomic E-state index is 0.0185. The molecule has 1 aromatic carbocycles. The molecule has 2 aromatic rings. The molecule has 0 saturated heterocycles. The lowest BCUT2D eigenvalue weighted by molar-refractivity contribution is 0.601. The number of rotatable bonds is 1. The molecule has 0 saturated carbocycles. The Morgan fingerprint density at radius 3 is 2.86 bits per heavy atom. The number of hydrogen-bond acceptors (Lipinski definition) is 2. The average Bonchev–Trinajstić information content (AvgIpc) is 2.23. The maximum atomic E-state index is 11.8. The van der Waals surface area contributed by atoms with E-state index < -0.39 is 0 Å². The van der Waals surface area contributed by atoms with Crippen molar-refractivity contribution in [3.05, 3.63) is 52.4 Å². The lowest BCUT2D eigenvalue weighted by Gasteiger charge is -1.96. The molecule has 2 nitrogen and oxygen atoms in total. The molecule has 0 aliphatic heterocycles. The summed E-state index contributed by atoms with van der Waals surface area (Å²) in [5, 5.41) is 0.628. The highest BCUT2D eigenvalue weighted by Crippen LogP contribution is 2.10. The molecule has 0 fully saturated rings. The predicted molar refractivity (Wildman–Crippen MR) is 57.2 cm³/mol. The van der Waals surface area contributed by atoms with Gasteiger partial charge in [0.1, 0.15) is 11.8 Å². The van der Waals surface area contributed by atoms with Crippen LogP contribution in [0.5, 0.6) is 0 Å². The van der Waals surface area contributed by atoms with E-state index in [0.717, 1.165) is 0 Å². The molecule has 0 N–H and O–H groups in total. The van der Waals surface area contributed by atoms with E-state index in [0.29, 0.717) is 16.5 Å². The first-order valence-corrected chi connectivity index (χ1v) is 4.46. The first-order chi connectivity index (χ1) is 6.83. The molecule has 0 radical (unpaired) electrons. The molecule has 0 aliphatic carbocycles. The summed E-state index contributed by atoms with van der Waals surface area (Å²) in [5.74, 6) is 0. The molecule has 0 aliphatic rings. The molecule has 1 aromatic heterocycles. The van der Waals surface area contributed by atoms with Crippen LogP contribution in [0.15, 0.2) is 45.8 Å². The van der Waals surface area contributed by atoms with Crippen molar-refractivity contribution < 1.29 is 4.42 Å². The van der Waals surface area contributed by atoms with Gasteiger partial charge >= 0.3 is 0 Å². The van der Waals surface area contributed by atoms with Gasteiger partial charge in [-0.3, -0.25) is 4.79 Å². The largest absolute Gasteiger partial charge is 0.463 e. The van der Waals surface area contributed by atoms with E-state index in [1.54, 1.807) is 18.2 Å². The number of allylic oxidation sites excluding steroid dienone is 1. The first kappa shape index (κ1) is 8.75. The second kappa shape index (κ2) is 3.50. The summed E-state index contributed by atoms with van der Waals surface area (Å²) in [6.07, 6.45) is 5.06. The smallest absolute Gasteiger partial charge is 0.199 e. The van der Waals surface area contributed by atoms with Crippen molar-refractivity contribution in [1.29, 1.82) is 0 Å². The predicted octanol–water partition coefficient (Wildman–Crippen LogP) is 2.83. The van der Waals surface area contributed by atoms with E-state index in [4.69, 9.17) is 4.42 Å². The van der Waals surface area contributed by atoms with Crippen LogP contribution in [0, 0.1) is 0 Å². The topological polar surface area (TPSA) is 30.2 Å². The Hall–Kier alpha value is -1.83. The Morgan fingerprint density at radius 2 is 2.07 bits per heavy atom. The van der Waals surface area contributed by atoms with Crippen LogP contribution in [-0.4, -0.2) is 0 Å². The van der Waals surface area contributed by atoms with Gasteiger partial charge in [0.2, 0.25) is 0 Å². The monoisotopic (exact) mass is 186 g/mol. The fourth-order valence-electron chi connectivity index (χ4n) is 1.39. The number of hydrogen-bond donors (Lipinski definition) is 0.